The van der Waals surface area contributed by atoms with Gasteiger partial charge in [0.2, 0.25) is 0 Å². The fourth-order valence-electron chi connectivity index (χ4n) is 1.45. The van der Waals surface area contributed by atoms with Crippen LogP contribution in [0.3, 0.4) is 0 Å². The second kappa shape index (κ2) is 8.24. The standard InChI is InChI=1S/C13H12N2O3.2ClH/c16-11-2-1-9(7-12(11)17)13(18)8-15-10-3-5-14-6-4-10;;/h1-7,16-17H,8H2,(H,14,15);2*1H. The van der Waals surface area contributed by atoms with Crippen LogP contribution in [0, 0.1) is 0 Å². The highest BCUT2D eigenvalue weighted by molar-refractivity contribution is 5.99. The van der Waals surface area contributed by atoms with Crippen LogP contribution >= 0.6 is 24.8 Å². The number of aromatic nitrogens is 1. The van der Waals surface area contributed by atoms with Crippen LogP contribution in [0.1, 0.15) is 10.4 Å². The number of hydrogen-bond acceptors (Lipinski definition) is 5. The maximum atomic E-state index is 11.8. The molecule has 1 heterocycles. The Balaban J connectivity index is 0.00000180. The summed E-state index contributed by atoms with van der Waals surface area (Å²) in [5.74, 6) is -0.722. The zero-order valence-corrected chi connectivity index (χ0v) is 11.9. The van der Waals surface area contributed by atoms with Gasteiger partial charge >= 0.3 is 0 Å². The Morgan fingerprint density at radius 1 is 1.05 bits per heavy atom. The van der Waals surface area contributed by atoms with Crippen molar-refractivity contribution in [3.8, 4) is 11.5 Å². The number of benzene rings is 1. The molecule has 0 saturated heterocycles. The highest BCUT2D eigenvalue weighted by Gasteiger charge is 2.08. The maximum Gasteiger partial charge on any atom is 0.181 e. The Kier molecular flexibility index (Phi) is 7.43. The number of phenols is 2. The number of ketones is 1. The first-order valence-electron chi connectivity index (χ1n) is 5.36. The summed E-state index contributed by atoms with van der Waals surface area (Å²) in [6.07, 6.45) is 3.25. The van der Waals surface area contributed by atoms with Gasteiger partial charge in [-0.3, -0.25) is 9.78 Å². The van der Waals surface area contributed by atoms with Crippen molar-refractivity contribution in [2.45, 2.75) is 0 Å². The van der Waals surface area contributed by atoms with Gasteiger partial charge in [0.1, 0.15) is 0 Å². The van der Waals surface area contributed by atoms with Crippen LogP contribution in [0.25, 0.3) is 0 Å². The van der Waals surface area contributed by atoms with E-state index < -0.39 is 0 Å². The van der Waals surface area contributed by atoms with Crippen molar-refractivity contribution in [3.63, 3.8) is 0 Å². The SMILES string of the molecule is Cl.Cl.O=C(CNc1ccncc1)c1ccc(O)c(O)c1. The Morgan fingerprint density at radius 3 is 2.30 bits per heavy atom. The van der Waals surface area contributed by atoms with Gasteiger partial charge in [-0.1, -0.05) is 0 Å². The molecule has 1 aromatic heterocycles. The summed E-state index contributed by atoms with van der Waals surface area (Å²) in [7, 11) is 0. The molecule has 108 valence electrons. The van der Waals surface area contributed by atoms with Gasteiger partial charge in [-0.25, -0.2) is 0 Å². The molecule has 1 aromatic carbocycles. The van der Waals surface area contributed by atoms with E-state index in [2.05, 4.69) is 10.3 Å². The molecule has 0 bridgehead atoms. The van der Waals surface area contributed by atoms with Crippen molar-refractivity contribution in [3.05, 3.63) is 48.3 Å². The zero-order valence-electron chi connectivity index (χ0n) is 10.3. The number of rotatable bonds is 4. The molecule has 0 atom stereocenters. The Hall–Kier alpha value is -1.98. The molecule has 0 unspecified atom stereocenters. The quantitative estimate of drug-likeness (QED) is 0.596. The van der Waals surface area contributed by atoms with Gasteiger partial charge in [-0.15, -0.1) is 24.8 Å². The molecule has 7 heteroatoms. The van der Waals surface area contributed by atoms with Gasteiger partial charge in [-0.05, 0) is 30.3 Å². The van der Waals surface area contributed by atoms with Crippen molar-refractivity contribution in [1.82, 2.24) is 4.98 Å². The van der Waals surface area contributed by atoms with Crippen LogP contribution in [0.4, 0.5) is 5.69 Å². The molecule has 3 N–H and O–H groups in total. The van der Waals surface area contributed by atoms with E-state index in [1.807, 2.05) is 0 Å². The topological polar surface area (TPSA) is 82.5 Å². The monoisotopic (exact) mass is 316 g/mol. The van der Waals surface area contributed by atoms with Crippen LogP contribution in [0.2, 0.25) is 0 Å². The lowest BCUT2D eigenvalue weighted by molar-refractivity contribution is 0.101. The number of aromatic hydroxyl groups is 2. The average molecular weight is 317 g/mol. The summed E-state index contributed by atoms with van der Waals surface area (Å²) in [5.41, 5.74) is 1.13. The van der Waals surface area contributed by atoms with E-state index in [-0.39, 0.29) is 48.6 Å². The van der Waals surface area contributed by atoms with E-state index in [0.717, 1.165) is 5.69 Å². The molecule has 2 rings (SSSR count). The number of nitrogens with zero attached hydrogens (tertiary/aromatic N) is 1. The fourth-order valence-corrected chi connectivity index (χ4v) is 1.45. The molecule has 0 fully saturated rings. The lowest BCUT2D eigenvalue weighted by Crippen LogP contribution is -2.13. The first-order chi connectivity index (χ1) is 8.66. The van der Waals surface area contributed by atoms with Crippen LogP contribution in [0.5, 0.6) is 11.5 Å². The number of hydrogen-bond donors (Lipinski definition) is 3. The van der Waals surface area contributed by atoms with Crippen molar-refractivity contribution >= 4 is 36.3 Å². The van der Waals surface area contributed by atoms with E-state index in [1.54, 1.807) is 24.5 Å². The van der Waals surface area contributed by atoms with E-state index in [4.69, 9.17) is 5.11 Å². The van der Waals surface area contributed by atoms with Crippen molar-refractivity contribution in [2.75, 3.05) is 11.9 Å². The summed E-state index contributed by atoms with van der Waals surface area (Å²) in [6.45, 7) is 0.105. The molecule has 0 aliphatic heterocycles. The van der Waals surface area contributed by atoms with Crippen molar-refractivity contribution in [2.24, 2.45) is 0 Å². The Bertz CT molecular complexity index is 565. The van der Waals surface area contributed by atoms with Crippen LogP contribution in [-0.2, 0) is 0 Å². The Labute approximate surface area is 128 Å². The minimum Gasteiger partial charge on any atom is -0.504 e. The van der Waals surface area contributed by atoms with E-state index >= 15 is 0 Å². The number of Topliss-reactive ketones (excluding diaryl/α,β-unsaturated/α-hetero) is 1. The highest BCUT2D eigenvalue weighted by atomic mass is 35.5. The zero-order chi connectivity index (χ0) is 13.0. The molecule has 5 nitrogen and oxygen atoms in total. The number of pyridine rings is 1. The number of anilines is 1. The van der Waals surface area contributed by atoms with Crippen LogP contribution < -0.4 is 5.32 Å². The number of nitrogens with one attached hydrogen (secondary N) is 1. The molecule has 0 aliphatic rings. The normalized spacial score (nSPS) is 9.00. The third kappa shape index (κ3) is 4.60. The second-order valence-electron chi connectivity index (χ2n) is 3.72. The molecule has 0 spiro atoms. The molecule has 20 heavy (non-hydrogen) atoms. The number of halogens is 2. The van der Waals surface area contributed by atoms with Gasteiger partial charge in [0.25, 0.3) is 0 Å². The minimum atomic E-state index is -0.301. The molecule has 0 radical (unpaired) electrons. The average Bonchev–Trinajstić information content (AvgIpc) is 2.40. The molecular weight excluding hydrogens is 303 g/mol. The lowest BCUT2D eigenvalue weighted by atomic mass is 10.1. The number of phenolic OH excluding ortho intramolecular Hbond substituents is 2. The third-order valence-electron chi connectivity index (χ3n) is 2.43. The number of carbonyl (C=O) groups excluding carboxylic acids is 1. The summed E-state index contributed by atoms with van der Waals surface area (Å²) in [5, 5.41) is 21.4. The first-order valence-corrected chi connectivity index (χ1v) is 5.36. The summed E-state index contributed by atoms with van der Waals surface area (Å²) >= 11 is 0. The fraction of sp³-hybridized carbons (Fsp3) is 0.0769. The van der Waals surface area contributed by atoms with Gasteiger partial charge in [-0.2, -0.15) is 0 Å². The number of carbonyl (C=O) groups is 1. The second-order valence-corrected chi connectivity index (χ2v) is 3.72. The van der Waals surface area contributed by atoms with Crippen LogP contribution in [-0.4, -0.2) is 27.5 Å². The highest BCUT2D eigenvalue weighted by Crippen LogP contribution is 2.24. The van der Waals surface area contributed by atoms with Crippen molar-refractivity contribution in [1.29, 1.82) is 0 Å². The largest absolute Gasteiger partial charge is 0.504 e. The molecule has 0 saturated carbocycles. The molecule has 0 amide bonds. The van der Waals surface area contributed by atoms with Crippen LogP contribution in [0.15, 0.2) is 42.7 Å². The Morgan fingerprint density at radius 2 is 1.70 bits per heavy atom. The molecular formula is C13H14Cl2N2O3. The summed E-state index contributed by atoms with van der Waals surface area (Å²) in [6, 6.07) is 7.50. The molecule has 0 aliphatic carbocycles. The minimum absolute atomic E-state index is 0. The summed E-state index contributed by atoms with van der Waals surface area (Å²) in [4.78, 5) is 15.7. The first kappa shape index (κ1) is 18.0. The van der Waals surface area contributed by atoms with E-state index in [0.29, 0.717) is 5.56 Å². The van der Waals surface area contributed by atoms with E-state index in [9.17, 15) is 9.90 Å². The van der Waals surface area contributed by atoms with Gasteiger partial charge in [0.05, 0.1) is 6.54 Å². The maximum absolute atomic E-state index is 11.8. The predicted octanol–water partition coefficient (Wildman–Crippen LogP) is 2.63. The molecule has 2 aromatic rings. The van der Waals surface area contributed by atoms with Gasteiger partial charge < -0.3 is 15.5 Å². The third-order valence-corrected chi connectivity index (χ3v) is 2.43. The van der Waals surface area contributed by atoms with Gasteiger partial charge in [0.15, 0.2) is 17.3 Å². The lowest BCUT2D eigenvalue weighted by Gasteiger charge is -2.06. The van der Waals surface area contributed by atoms with Gasteiger partial charge in [0, 0.05) is 23.6 Å². The summed E-state index contributed by atoms with van der Waals surface area (Å²) < 4.78 is 0. The van der Waals surface area contributed by atoms with E-state index in [1.165, 1.54) is 18.2 Å². The van der Waals surface area contributed by atoms with Crippen molar-refractivity contribution < 1.29 is 15.0 Å². The smallest absolute Gasteiger partial charge is 0.181 e. The predicted molar refractivity (Wildman–Crippen MR) is 81.3 cm³/mol.